The first kappa shape index (κ1) is 12.5. The van der Waals surface area contributed by atoms with Crippen LogP contribution >= 0.6 is 0 Å². The van der Waals surface area contributed by atoms with Crippen molar-refractivity contribution in [1.29, 1.82) is 0 Å². The number of aliphatic carboxylic acids is 1. The average molecular weight is 214 g/mol. The van der Waals surface area contributed by atoms with Gasteiger partial charge in [-0.15, -0.1) is 0 Å². The first-order chi connectivity index (χ1) is 7.20. The molecule has 4 heteroatoms. The lowest BCUT2D eigenvalue weighted by Crippen LogP contribution is -2.50. The zero-order chi connectivity index (χ0) is 11.3. The lowest BCUT2D eigenvalue weighted by atomic mass is 10.0. The standard InChI is InChI=1S/C11H22N2O2/c1-3-10(11(14)15)13(4-2)9-5-7-12-8-6-9/h9-10,12H,3-8H2,1-2H3,(H,14,15). The Hall–Kier alpha value is -0.610. The van der Waals surface area contributed by atoms with Gasteiger partial charge in [0, 0.05) is 6.04 Å². The molecule has 0 aromatic heterocycles. The molecule has 1 unspecified atom stereocenters. The number of rotatable bonds is 5. The van der Waals surface area contributed by atoms with Gasteiger partial charge in [0.15, 0.2) is 0 Å². The van der Waals surface area contributed by atoms with Crippen molar-refractivity contribution in [2.45, 2.75) is 45.2 Å². The van der Waals surface area contributed by atoms with Crippen LogP contribution in [0.15, 0.2) is 0 Å². The molecule has 0 amide bonds. The SMILES string of the molecule is CCC(C(=O)O)N(CC)C1CCNCC1. The molecule has 15 heavy (non-hydrogen) atoms. The quantitative estimate of drug-likeness (QED) is 0.714. The Kier molecular flexibility index (Phi) is 5.05. The third kappa shape index (κ3) is 3.18. The van der Waals surface area contributed by atoms with E-state index in [2.05, 4.69) is 10.2 Å². The predicted molar refractivity (Wildman–Crippen MR) is 60.0 cm³/mol. The van der Waals surface area contributed by atoms with E-state index in [0.717, 1.165) is 32.5 Å². The minimum Gasteiger partial charge on any atom is -0.480 e. The topological polar surface area (TPSA) is 52.6 Å². The molecule has 1 heterocycles. The van der Waals surface area contributed by atoms with Gasteiger partial charge in [-0.3, -0.25) is 9.69 Å². The molecule has 1 rings (SSSR count). The fourth-order valence-electron chi connectivity index (χ4n) is 2.42. The first-order valence-corrected chi connectivity index (χ1v) is 5.90. The highest BCUT2D eigenvalue weighted by atomic mass is 16.4. The molecule has 1 aliphatic rings. The molecule has 1 atom stereocenters. The first-order valence-electron chi connectivity index (χ1n) is 5.90. The second kappa shape index (κ2) is 6.08. The van der Waals surface area contributed by atoms with Gasteiger partial charge in [-0.1, -0.05) is 13.8 Å². The van der Waals surface area contributed by atoms with Crippen LogP contribution < -0.4 is 5.32 Å². The van der Waals surface area contributed by atoms with Gasteiger partial charge in [-0.2, -0.15) is 0 Å². The maximum Gasteiger partial charge on any atom is 0.320 e. The van der Waals surface area contributed by atoms with Crippen LogP contribution in [0.4, 0.5) is 0 Å². The lowest BCUT2D eigenvalue weighted by Gasteiger charge is -2.37. The number of piperidine rings is 1. The van der Waals surface area contributed by atoms with Gasteiger partial charge < -0.3 is 10.4 Å². The van der Waals surface area contributed by atoms with E-state index in [-0.39, 0.29) is 6.04 Å². The Labute approximate surface area is 91.6 Å². The summed E-state index contributed by atoms with van der Waals surface area (Å²) >= 11 is 0. The average Bonchev–Trinajstić information content (AvgIpc) is 2.26. The molecule has 0 aromatic rings. The van der Waals surface area contributed by atoms with Crippen LogP contribution in [0, 0.1) is 0 Å². The van der Waals surface area contributed by atoms with Crippen molar-refractivity contribution in [3.05, 3.63) is 0 Å². The van der Waals surface area contributed by atoms with Gasteiger partial charge in [0.2, 0.25) is 0 Å². The highest BCUT2D eigenvalue weighted by molar-refractivity contribution is 5.73. The van der Waals surface area contributed by atoms with Crippen LogP contribution in [-0.2, 0) is 4.79 Å². The van der Waals surface area contributed by atoms with Crippen LogP contribution in [0.5, 0.6) is 0 Å². The van der Waals surface area contributed by atoms with Crippen molar-refractivity contribution in [2.24, 2.45) is 0 Å². The minimum atomic E-state index is -0.683. The summed E-state index contributed by atoms with van der Waals surface area (Å²) in [5.41, 5.74) is 0. The highest BCUT2D eigenvalue weighted by Gasteiger charge is 2.29. The van der Waals surface area contributed by atoms with Gasteiger partial charge >= 0.3 is 5.97 Å². The van der Waals surface area contributed by atoms with E-state index in [9.17, 15) is 4.79 Å². The summed E-state index contributed by atoms with van der Waals surface area (Å²) in [5, 5.41) is 12.5. The molecule has 0 saturated carbocycles. The third-order valence-electron chi connectivity index (χ3n) is 3.21. The maximum atomic E-state index is 11.1. The van der Waals surface area contributed by atoms with E-state index >= 15 is 0 Å². The largest absolute Gasteiger partial charge is 0.480 e. The zero-order valence-corrected chi connectivity index (χ0v) is 9.70. The van der Waals surface area contributed by atoms with Crippen molar-refractivity contribution in [3.8, 4) is 0 Å². The summed E-state index contributed by atoms with van der Waals surface area (Å²) in [6.45, 7) is 6.85. The van der Waals surface area contributed by atoms with Crippen LogP contribution in [0.3, 0.4) is 0 Å². The molecular weight excluding hydrogens is 192 g/mol. The number of carboxylic acid groups (broad SMARTS) is 1. The fourth-order valence-corrected chi connectivity index (χ4v) is 2.42. The Bertz CT molecular complexity index is 203. The predicted octanol–water partition coefficient (Wildman–Crippen LogP) is 0.923. The van der Waals surface area contributed by atoms with E-state index in [1.807, 2.05) is 13.8 Å². The second-order valence-corrected chi connectivity index (χ2v) is 4.07. The van der Waals surface area contributed by atoms with Crippen LogP contribution in [0.25, 0.3) is 0 Å². The minimum absolute atomic E-state index is 0.307. The van der Waals surface area contributed by atoms with Crippen molar-refractivity contribution in [3.63, 3.8) is 0 Å². The van der Waals surface area contributed by atoms with Crippen molar-refractivity contribution >= 4 is 5.97 Å². The molecule has 1 fully saturated rings. The van der Waals surface area contributed by atoms with Crippen molar-refractivity contribution < 1.29 is 9.90 Å². The molecule has 88 valence electrons. The summed E-state index contributed by atoms with van der Waals surface area (Å²) in [6, 6.07) is 0.135. The summed E-state index contributed by atoms with van der Waals surface area (Å²) in [6.07, 6.45) is 2.82. The number of hydrogen-bond acceptors (Lipinski definition) is 3. The second-order valence-electron chi connectivity index (χ2n) is 4.07. The summed E-state index contributed by atoms with van der Waals surface area (Å²) in [5.74, 6) is -0.683. The normalized spacial score (nSPS) is 20.5. The van der Waals surface area contributed by atoms with Gasteiger partial charge in [-0.25, -0.2) is 0 Å². The Morgan fingerprint density at radius 2 is 2.07 bits per heavy atom. The van der Waals surface area contributed by atoms with E-state index in [1.54, 1.807) is 0 Å². The van der Waals surface area contributed by atoms with Crippen LogP contribution in [0.1, 0.15) is 33.1 Å². The summed E-state index contributed by atoms with van der Waals surface area (Å²) in [7, 11) is 0. The molecule has 0 aliphatic carbocycles. The molecule has 0 bridgehead atoms. The Morgan fingerprint density at radius 1 is 1.47 bits per heavy atom. The molecule has 2 N–H and O–H groups in total. The van der Waals surface area contributed by atoms with E-state index in [0.29, 0.717) is 12.5 Å². The Balaban J connectivity index is 2.62. The monoisotopic (exact) mass is 214 g/mol. The van der Waals surface area contributed by atoms with Crippen molar-refractivity contribution in [1.82, 2.24) is 10.2 Å². The van der Waals surface area contributed by atoms with E-state index in [1.165, 1.54) is 0 Å². The highest BCUT2D eigenvalue weighted by Crippen LogP contribution is 2.16. The molecule has 0 radical (unpaired) electrons. The van der Waals surface area contributed by atoms with Crippen molar-refractivity contribution in [2.75, 3.05) is 19.6 Å². The van der Waals surface area contributed by atoms with Crippen LogP contribution in [-0.4, -0.2) is 47.7 Å². The molecule has 0 spiro atoms. The molecule has 0 aromatic carbocycles. The molecular formula is C11H22N2O2. The number of hydrogen-bond donors (Lipinski definition) is 2. The number of nitrogens with one attached hydrogen (secondary N) is 1. The molecule has 4 nitrogen and oxygen atoms in total. The Morgan fingerprint density at radius 3 is 2.47 bits per heavy atom. The molecule has 1 aliphatic heterocycles. The third-order valence-corrected chi connectivity index (χ3v) is 3.21. The van der Waals surface area contributed by atoms with Gasteiger partial charge in [0.05, 0.1) is 0 Å². The maximum absolute atomic E-state index is 11.1. The van der Waals surface area contributed by atoms with Gasteiger partial charge in [-0.05, 0) is 38.9 Å². The summed E-state index contributed by atoms with van der Waals surface area (Å²) < 4.78 is 0. The fraction of sp³-hybridized carbons (Fsp3) is 0.909. The van der Waals surface area contributed by atoms with E-state index in [4.69, 9.17) is 5.11 Å². The summed E-state index contributed by atoms with van der Waals surface area (Å²) in [4.78, 5) is 13.3. The lowest BCUT2D eigenvalue weighted by molar-refractivity contribution is -0.144. The number of likely N-dealkylation sites (N-methyl/N-ethyl adjacent to an activating group) is 1. The molecule has 1 saturated heterocycles. The smallest absolute Gasteiger partial charge is 0.320 e. The van der Waals surface area contributed by atoms with Gasteiger partial charge in [0.25, 0.3) is 0 Å². The number of carbonyl (C=O) groups is 1. The zero-order valence-electron chi connectivity index (χ0n) is 9.70. The van der Waals surface area contributed by atoms with Gasteiger partial charge in [0.1, 0.15) is 6.04 Å². The number of nitrogens with zero attached hydrogens (tertiary/aromatic N) is 1. The van der Waals surface area contributed by atoms with E-state index < -0.39 is 5.97 Å². The van der Waals surface area contributed by atoms with Crippen LogP contribution in [0.2, 0.25) is 0 Å². The number of carboxylic acids is 1.